The number of hydrogen-bond acceptors (Lipinski definition) is 5. The first-order valence-electron chi connectivity index (χ1n) is 9.39. The summed E-state index contributed by atoms with van der Waals surface area (Å²) in [6.07, 6.45) is 2.40. The van der Waals surface area contributed by atoms with Crippen LogP contribution in [0.1, 0.15) is 21.9 Å². The van der Waals surface area contributed by atoms with Crippen LogP contribution in [0.3, 0.4) is 0 Å². The van der Waals surface area contributed by atoms with Crippen molar-refractivity contribution in [1.29, 1.82) is 0 Å². The van der Waals surface area contributed by atoms with Gasteiger partial charge in [0.15, 0.2) is 5.16 Å². The van der Waals surface area contributed by atoms with Gasteiger partial charge < -0.3 is 9.88 Å². The van der Waals surface area contributed by atoms with Crippen LogP contribution in [0.2, 0.25) is 0 Å². The first-order valence-corrected chi connectivity index (χ1v) is 10.4. The largest absolute Gasteiger partial charge is 0.352 e. The molecule has 1 amide bonds. The maximum Gasteiger partial charge on any atom is 0.251 e. The van der Waals surface area contributed by atoms with Crippen molar-refractivity contribution in [2.45, 2.75) is 17.3 Å². The van der Waals surface area contributed by atoms with Crippen LogP contribution in [0, 0.1) is 0 Å². The molecule has 4 rings (SSSR count). The molecule has 1 N–H and O–H groups in total. The van der Waals surface area contributed by atoms with Crippen LogP contribution in [0.25, 0.3) is 10.8 Å². The lowest BCUT2D eigenvalue weighted by atomic mass is 10.0. The molecular formula is C22H21N5OS. The number of pyridine rings is 1. The van der Waals surface area contributed by atoms with Gasteiger partial charge in [-0.15, -0.1) is 10.2 Å². The Morgan fingerprint density at radius 3 is 2.72 bits per heavy atom. The molecule has 0 atom stereocenters. The van der Waals surface area contributed by atoms with Crippen molar-refractivity contribution in [2.75, 3.05) is 6.54 Å². The van der Waals surface area contributed by atoms with Gasteiger partial charge in [0.2, 0.25) is 0 Å². The summed E-state index contributed by atoms with van der Waals surface area (Å²) < 4.78 is 1.97. The summed E-state index contributed by atoms with van der Waals surface area (Å²) >= 11 is 1.60. The predicted octanol–water partition coefficient (Wildman–Crippen LogP) is 3.63. The van der Waals surface area contributed by atoms with Crippen LogP contribution in [0.4, 0.5) is 0 Å². The van der Waals surface area contributed by atoms with Crippen LogP contribution in [-0.2, 0) is 19.2 Å². The van der Waals surface area contributed by atoms with E-state index in [2.05, 4.69) is 20.5 Å². The Hall–Kier alpha value is -3.19. The minimum absolute atomic E-state index is 0.0753. The van der Waals surface area contributed by atoms with E-state index in [1.807, 2.05) is 72.3 Å². The number of amides is 1. The van der Waals surface area contributed by atoms with E-state index in [9.17, 15) is 4.79 Å². The Kier molecular flexibility index (Phi) is 5.86. The van der Waals surface area contributed by atoms with E-state index in [0.29, 0.717) is 18.5 Å². The Labute approximate surface area is 173 Å². The zero-order valence-electron chi connectivity index (χ0n) is 16.1. The fraction of sp³-hybridized carbons (Fsp3) is 0.182. The zero-order chi connectivity index (χ0) is 20.1. The number of carbonyl (C=O) groups is 1. The molecule has 0 fully saturated rings. The third-order valence-electron chi connectivity index (χ3n) is 4.67. The number of aromatic nitrogens is 4. The fourth-order valence-corrected chi connectivity index (χ4v) is 3.96. The van der Waals surface area contributed by atoms with Gasteiger partial charge in [0.1, 0.15) is 5.82 Å². The van der Waals surface area contributed by atoms with Gasteiger partial charge in [-0.25, -0.2) is 0 Å². The standard InChI is InChI=1S/C22H21N5OS/c1-27-20(25-26-22(27)29-15-17-9-4-5-13-23-17)12-14-24-21(28)19-11-6-8-16-7-2-3-10-18(16)19/h2-11,13H,12,14-15H2,1H3,(H,24,28). The number of carbonyl (C=O) groups excluding carboxylic acids is 1. The van der Waals surface area contributed by atoms with E-state index >= 15 is 0 Å². The van der Waals surface area contributed by atoms with Gasteiger partial charge in [-0.2, -0.15) is 0 Å². The molecule has 7 heteroatoms. The Morgan fingerprint density at radius 1 is 1.03 bits per heavy atom. The highest BCUT2D eigenvalue weighted by Crippen LogP contribution is 2.20. The smallest absolute Gasteiger partial charge is 0.251 e. The van der Waals surface area contributed by atoms with Crippen LogP contribution in [0.5, 0.6) is 0 Å². The van der Waals surface area contributed by atoms with Crippen LogP contribution in [-0.4, -0.2) is 32.2 Å². The van der Waals surface area contributed by atoms with E-state index in [1.54, 1.807) is 18.0 Å². The number of rotatable bonds is 7. The quantitative estimate of drug-likeness (QED) is 0.477. The highest BCUT2D eigenvalue weighted by atomic mass is 32.2. The number of nitrogens with zero attached hydrogens (tertiary/aromatic N) is 4. The molecule has 146 valence electrons. The first-order chi connectivity index (χ1) is 14.2. The van der Waals surface area contributed by atoms with Crippen LogP contribution in [0.15, 0.2) is 72.0 Å². The zero-order valence-corrected chi connectivity index (χ0v) is 16.9. The van der Waals surface area contributed by atoms with Crippen molar-refractivity contribution < 1.29 is 4.79 Å². The number of nitrogens with one attached hydrogen (secondary N) is 1. The second-order valence-corrected chi connectivity index (χ2v) is 7.54. The topological polar surface area (TPSA) is 72.7 Å². The van der Waals surface area contributed by atoms with Crippen molar-refractivity contribution in [2.24, 2.45) is 7.05 Å². The molecule has 6 nitrogen and oxygen atoms in total. The number of fused-ring (bicyclic) bond motifs is 1. The van der Waals surface area contributed by atoms with Gasteiger partial charge in [0.25, 0.3) is 5.91 Å². The summed E-state index contributed by atoms with van der Waals surface area (Å²) in [6.45, 7) is 0.499. The number of hydrogen-bond donors (Lipinski definition) is 1. The molecule has 2 aromatic carbocycles. The lowest BCUT2D eigenvalue weighted by Gasteiger charge is -2.08. The second-order valence-electron chi connectivity index (χ2n) is 6.60. The first kappa shape index (κ1) is 19.1. The summed E-state index contributed by atoms with van der Waals surface area (Å²) in [5, 5.41) is 14.4. The van der Waals surface area contributed by atoms with Crippen molar-refractivity contribution in [1.82, 2.24) is 25.1 Å². The lowest BCUT2D eigenvalue weighted by molar-refractivity contribution is 0.0955. The SMILES string of the molecule is Cn1c(CCNC(=O)c2cccc3ccccc23)nnc1SCc1ccccn1. The summed E-state index contributed by atoms with van der Waals surface area (Å²) in [4.78, 5) is 17.0. The average molecular weight is 404 g/mol. The molecule has 0 spiro atoms. The normalized spacial score (nSPS) is 10.9. The molecule has 4 aromatic rings. The molecule has 2 aromatic heterocycles. The fourth-order valence-electron chi connectivity index (χ4n) is 3.12. The Morgan fingerprint density at radius 2 is 1.86 bits per heavy atom. The van der Waals surface area contributed by atoms with Crippen molar-refractivity contribution in [3.63, 3.8) is 0 Å². The predicted molar refractivity (Wildman–Crippen MR) is 115 cm³/mol. The summed E-state index contributed by atoms with van der Waals surface area (Å²) in [6, 6.07) is 19.5. The van der Waals surface area contributed by atoms with E-state index in [4.69, 9.17) is 0 Å². The minimum atomic E-state index is -0.0753. The molecule has 0 unspecified atom stereocenters. The van der Waals surface area contributed by atoms with Crippen LogP contribution < -0.4 is 5.32 Å². The van der Waals surface area contributed by atoms with Crippen LogP contribution >= 0.6 is 11.8 Å². The van der Waals surface area contributed by atoms with Gasteiger partial charge in [-0.1, -0.05) is 54.2 Å². The summed E-state index contributed by atoms with van der Waals surface area (Å²) in [7, 11) is 1.95. The van der Waals surface area contributed by atoms with E-state index in [-0.39, 0.29) is 5.91 Å². The lowest BCUT2D eigenvalue weighted by Crippen LogP contribution is -2.26. The van der Waals surface area contributed by atoms with Gasteiger partial charge in [0.05, 0.1) is 5.69 Å². The molecule has 0 aliphatic carbocycles. The molecule has 2 heterocycles. The maximum atomic E-state index is 12.6. The molecule has 0 saturated heterocycles. The van der Waals surface area contributed by atoms with Crippen molar-refractivity contribution in [3.05, 3.63) is 83.9 Å². The van der Waals surface area contributed by atoms with Crippen molar-refractivity contribution >= 4 is 28.4 Å². The van der Waals surface area contributed by atoms with E-state index < -0.39 is 0 Å². The number of benzene rings is 2. The molecule has 0 bridgehead atoms. The van der Waals surface area contributed by atoms with Crippen molar-refractivity contribution in [3.8, 4) is 0 Å². The average Bonchev–Trinajstić information content (AvgIpc) is 3.12. The van der Waals surface area contributed by atoms with Gasteiger partial charge in [0, 0.05) is 37.5 Å². The van der Waals surface area contributed by atoms with Gasteiger partial charge in [-0.05, 0) is 29.0 Å². The molecule has 29 heavy (non-hydrogen) atoms. The minimum Gasteiger partial charge on any atom is -0.352 e. The molecule has 0 aliphatic heterocycles. The Bertz CT molecular complexity index is 1120. The van der Waals surface area contributed by atoms with Gasteiger partial charge in [-0.3, -0.25) is 9.78 Å². The highest BCUT2D eigenvalue weighted by Gasteiger charge is 2.12. The maximum absolute atomic E-state index is 12.6. The second kappa shape index (κ2) is 8.87. The third-order valence-corrected chi connectivity index (χ3v) is 5.72. The molecule has 0 radical (unpaired) electrons. The number of thioether (sulfide) groups is 1. The summed E-state index contributed by atoms with van der Waals surface area (Å²) in [5.74, 6) is 1.51. The Balaban J connectivity index is 1.35. The monoisotopic (exact) mass is 403 g/mol. The highest BCUT2D eigenvalue weighted by molar-refractivity contribution is 7.98. The molecule has 0 saturated carbocycles. The van der Waals surface area contributed by atoms with E-state index in [0.717, 1.165) is 33.2 Å². The third kappa shape index (κ3) is 4.46. The molecular weight excluding hydrogens is 382 g/mol. The van der Waals surface area contributed by atoms with Gasteiger partial charge >= 0.3 is 0 Å². The van der Waals surface area contributed by atoms with E-state index in [1.165, 1.54) is 0 Å². The summed E-state index contributed by atoms with van der Waals surface area (Å²) in [5.41, 5.74) is 1.69. The molecule has 0 aliphatic rings.